The number of methoxy groups -OCH3 is 1. The van der Waals surface area contributed by atoms with Gasteiger partial charge in [-0.2, -0.15) is 0 Å². The van der Waals surface area contributed by atoms with E-state index in [9.17, 15) is 4.79 Å². The van der Waals surface area contributed by atoms with Crippen molar-refractivity contribution in [1.82, 2.24) is 4.90 Å². The zero-order valence-corrected chi connectivity index (χ0v) is 15.0. The average Bonchev–Trinajstić information content (AvgIpc) is 2.83. The van der Waals surface area contributed by atoms with Crippen molar-refractivity contribution in [2.45, 2.75) is 13.0 Å². The highest BCUT2D eigenvalue weighted by molar-refractivity contribution is 5.79. The van der Waals surface area contributed by atoms with Crippen LogP contribution in [0.2, 0.25) is 0 Å². The first-order valence-corrected chi connectivity index (χ1v) is 8.40. The zero-order valence-electron chi connectivity index (χ0n) is 15.0. The Morgan fingerprint density at radius 3 is 2.84 bits per heavy atom. The molecule has 5 nitrogen and oxygen atoms in total. The Bertz CT molecular complexity index is 758. The number of nitrogens with zero attached hydrogens (tertiary/aromatic N) is 2. The van der Waals surface area contributed by atoms with Crippen LogP contribution in [-0.2, 0) is 17.8 Å². The van der Waals surface area contributed by atoms with Crippen LogP contribution >= 0.6 is 0 Å². The second-order valence-electron chi connectivity index (χ2n) is 6.38. The second-order valence-corrected chi connectivity index (χ2v) is 6.38. The molecule has 0 unspecified atom stereocenters. The molecule has 1 heterocycles. The zero-order chi connectivity index (χ0) is 17.8. The van der Waals surface area contributed by atoms with Crippen LogP contribution in [-0.4, -0.2) is 45.2 Å². The third-order valence-electron chi connectivity index (χ3n) is 4.38. The van der Waals surface area contributed by atoms with E-state index in [1.54, 1.807) is 7.11 Å². The molecule has 0 N–H and O–H groups in total. The molecule has 1 amide bonds. The molecule has 0 saturated heterocycles. The Labute approximate surface area is 148 Å². The molecular weight excluding hydrogens is 316 g/mol. The number of ether oxygens (including phenoxy) is 2. The monoisotopic (exact) mass is 340 g/mol. The molecule has 0 saturated carbocycles. The fourth-order valence-electron chi connectivity index (χ4n) is 2.94. The maximum absolute atomic E-state index is 12.8. The van der Waals surface area contributed by atoms with Crippen LogP contribution in [0, 0.1) is 0 Å². The van der Waals surface area contributed by atoms with Gasteiger partial charge in [0.1, 0.15) is 18.1 Å². The maximum Gasteiger partial charge on any atom is 0.227 e. The first kappa shape index (κ1) is 17.1. The minimum atomic E-state index is 0.0972. The number of carbonyl (C=O) groups is 1. The lowest BCUT2D eigenvalue weighted by Gasteiger charge is -2.21. The quantitative estimate of drug-likeness (QED) is 0.858. The molecule has 0 atom stereocenters. The molecule has 1 aliphatic rings. The SMILES string of the molecule is COc1cccc(CC(=O)N2CCOc3ccc(N(C)C)cc3C2)c1. The lowest BCUT2D eigenvalue weighted by Crippen LogP contribution is -2.33. The molecule has 1 aliphatic heterocycles. The van der Waals surface area contributed by atoms with Crippen LogP contribution < -0.4 is 14.4 Å². The van der Waals surface area contributed by atoms with Crippen molar-refractivity contribution in [2.75, 3.05) is 39.3 Å². The number of fused-ring (bicyclic) bond motifs is 1. The summed E-state index contributed by atoms with van der Waals surface area (Å²) in [4.78, 5) is 16.7. The van der Waals surface area contributed by atoms with E-state index < -0.39 is 0 Å². The molecule has 0 bridgehead atoms. The summed E-state index contributed by atoms with van der Waals surface area (Å²) in [5, 5.41) is 0. The number of rotatable bonds is 4. The van der Waals surface area contributed by atoms with E-state index in [2.05, 4.69) is 6.07 Å². The molecule has 132 valence electrons. The summed E-state index contributed by atoms with van der Waals surface area (Å²) in [6.07, 6.45) is 0.361. The largest absolute Gasteiger partial charge is 0.497 e. The molecule has 0 spiro atoms. The van der Waals surface area contributed by atoms with Crippen LogP contribution in [0.4, 0.5) is 5.69 Å². The molecule has 2 aromatic carbocycles. The number of hydrogen-bond acceptors (Lipinski definition) is 4. The van der Waals surface area contributed by atoms with Crippen molar-refractivity contribution in [3.05, 3.63) is 53.6 Å². The summed E-state index contributed by atoms with van der Waals surface area (Å²) in [5.41, 5.74) is 3.10. The van der Waals surface area contributed by atoms with E-state index in [-0.39, 0.29) is 5.91 Å². The molecule has 2 aromatic rings. The fourth-order valence-corrected chi connectivity index (χ4v) is 2.94. The summed E-state index contributed by atoms with van der Waals surface area (Å²) in [6.45, 7) is 1.67. The van der Waals surface area contributed by atoms with E-state index >= 15 is 0 Å². The van der Waals surface area contributed by atoms with E-state index in [1.165, 1.54) is 0 Å². The molecule has 0 radical (unpaired) electrons. The number of hydrogen-bond donors (Lipinski definition) is 0. The van der Waals surface area contributed by atoms with Gasteiger partial charge in [-0.15, -0.1) is 0 Å². The van der Waals surface area contributed by atoms with Gasteiger partial charge in [0.25, 0.3) is 0 Å². The van der Waals surface area contributed by atoms with Crippen molar-refractivity contribution in [1.29, 1.82) is 0 Å². The number of amides is 1. The van der Waals surface area contributed by atoms with Gasteiger partial charge in [0.2, 0.25) is 5.91 Å². The summed E-state index contributed by atoms with van der Waals surface area (Å²) >= 11 is 0. The van der Waals surface area contributed by atoms with Gasteiger partial charge in [0, 0.05) is 31.9 Å². The second kappa shape index (κ2) is 7.47. The minimum absolute atomic E-state index is 0.0972. The van der Waals surface area contributed by atoms with Gasteiger partial charge in [-0.25, -0.2) is 0 Å². The predicted molar refractivity (Wildman–Crippen MR) is 98.4 cm³/mol. The Morgan fingerprint density at radius 2 is 2.08 bits per heavy atom. The highest BCUT2D eigenvalue weighted by Gasteiger charge is 2.20. The van der Waals surface area contributed by atoms with Crippen molar-refractivity contribution >= 4 is 11.6 Å². The topological polar surface area (TPSA) is 42.0 Å². The lowest BCUT2D eigenvalue weighted by atomic mass is 10.1. The molecule has 0 aliphatic carbocycles. The van der Waals surface area contributed by atoms with E-state index in [0.29, 0.717) is 26.1 Å². The molecule has 5 heteroatoms. The molecular formula is C20H24N2O3. The predicted octanol–water partition coefficient (Wildman–Crippen LogP) is 2.72. The standard InChI is InChI=1S/C20H24N2O3/c1-21(2)17-7-8-19-16(13-17)14-22(9-10-25-19)20(23)12-15-5-4-6-18(11-15)24-3/h4-8,11,13H,9-10,12,14H2,1-3H3. The number of anilines is 1. The van der Waals surface area contributed by atoms with E-state index in [0.717, 1.165) is 28.3 Å². The Kier molecular flexibility index (Phi) is 5.12. The van der Waals surface area contributed by atoms with Crippen LogP contribution in [0.5, 0.6) is 11.5 Å². The normalized spacial score (nSPS) is 13.5. The maximum atomic E-state index is 12.8. The third-order valence-corrected chi connectivity index (χ3v) is 4.38. The Morgan fingerprint density at radius 1 is 1.24 bits per heavy atom. The Hall–Kier alpha value is -2.69. The molecule has 0 fully saturated rings. The van der Waals surface area contributed by atoms with Crippen LogP contribution in [0.3, 0.4) is 0 Å². The fraction of sp³-hybridized carbons (Fsp3) is 0.350. The summed E-state index contributed by atoms with van der Waals surface area (Å²) in [5.74, 6) is 1.73. The number of carbonyl (C=O) groups excluding carboxylic acids is 1. The molecule has 25 heavy (non-hydrogen) atoms. The lowest BCUT2D eigenvalue weighted by molar-refractivity contribution is -0.131. The van der Waals surface area contributed by atoms with Gasteiger partial charge >= 0.3 is 0 Å². The van der Waals surface area contributed by atoms with Gasteiger partial charge in [-0.05, 0) is 35.9 Å². The van der Waals surface area contributed by atoms with Crippen LogP contribution in [0.1, 0.15) is 11.1 Å². The van der Waals surface area contributed by atoms with Gasteiger partial charge in [0.05, 0.1) is 20.1 Å². The van der Waals surface area contributed by atoms with Crippen molar-refractivity contribution in [2.24, 2.45) is 0 Å². The number of benzene rings is 2. The molecule has 0 aromatic heterocycles. The molecule has 3 rings (SSSR count). The van der Waals surface area contributed by atoms with E-state index in [4.69, 9.17) is 9.47 Å². The Balaban J connectivity index is 1.76. The minimum Gasteiger partial charge on any atom is -0.497 e. The van der Waals surface area contributed by atoms with Gasteiger partial charge in [-0.1, -0.05) is 12.1 Å². The smallest absolute Gasteiger partial charge is 0.227 e. The average molecular weight is 340 g/mol. The van der Waals surface area contributed by atoms with Gasteiger partial charge in [0.15, 0.2) is 0 Å². The summed E-state index contributed by atoms with van der Waals surface area (Å²) in [7, 11) is 5.64. The third kappa shape index (κ3) is 4.05. The summed E-state index contributed by atoms with van der Waals surface area (Å²) < 4.78 is 11.1. The van der Waals surface area contributed by atoms with Gasteiger partial charge in [-0.3, -0.25) is 4.79 Å². The first-order valence-electron chi connectivity index (χ1n) is 8.40. The van der Waals surface area contributed by atoms with Crippen LogP contribution in [0.15, 0.2) is 42.5 Å². The summed E-state index contributed by atoms with van der Waals surface area (Å²) in [6, 6.07) is 13.8. The van der Waals surface area contributed by atoms with Crippen LogP contribution in [0.25, 0.3) is 0 Å². The highest BCUT2D eigenvalue weighted by atomic mass is 16.5. The van der Waals surface area contributed by atoms with Crippen molar-refractivity contribution in [3.8, 4) is 11.5 Å². The van der Waals surface area contributed by atoms with Crippen molar-refractivity contribution < 1.29 is 14.3 Å². The highest BCUT2D eigenvalue weighted by Crippen LogP contribution is 2.27. The van der Waals surface area contributed by atoms with Gasteiger partial charge < -0.3 is 19.3 Å². The first-order chi connectivity index (χ1) is 12.1. The van der Waals surface area contributed by atoms with Crippen molar-refractivity contribution in [3.63, 3.8) is 0 Å². The van der Waals surface area contributed by atoms with E-state index in [1.807, 2.05) is 60.3 Å².